The summed E-state index contributed by atoms with van der Waals surface area (Å²) in [5.74, 6) is 0. The van der Waals surface area contributed by atoms with Gasteiger partial charge in [0.15, 0.2) is 0 Å². The molecule has 2 N–H and O–H groups in total. The van der Waals surface area contributed by atoms with Gasteiger partial charge in [0.2, 0.25) is 0 Å². The Bertz CT molecular complexity index is 686. The Hall–Kier alpha value is -2.31. The second-order valence-electron chi connectivity index (χ2n) is 6.13. The van der Waals surface area contributed by atoms with Crippen LogP contribution in [0.15, 0.2) is 91.0 Å². The number of hydrogen-bond donors (Lipinski definition) is 2. The highest BCUT2D eigenvalue weighted by Crippen LogP contribution is 2.53. The van der Waals surface area contributed by atoms with Gasteiger partial charge in [-0.25, -0.2) is 0 Å². The molecule has 3 aromatic rings. The van der Waals surface area contributed by atoms with Crippen LogP contribution in [0.5, 0.6) is 0 Å². The van der Waals surface area contributed by atoms with Crippen molar-refractivity contribution in [2.75, 3.05) is 29.9 Å². The van der Waals surface area contributed by atoms with Crippen LogP contribution in [0.4, 0.5) is 11.4 Å². The maximum atomic E-state index is 3.63. The summed E-state index contributed by atoms with van der Waals surface area (Å²) in [5, 5.41) is 8.70. The Labute approximate surface area is 145 Å². The quantitative estimate of drug-likeness (QED) is 0.587. The fraction of sp³-hybridized carbons (Fsp3) is 0.143. The van der Waals surface area contributed by atoms with E-state index in [0.717, 1.165) is 12.6 Å². The smallest absolute Gasteiger partial charge is 0.134 e. The third kappa shape index (κ3) is 4.37. The van der Waals surface area contributed by atoms with Gasteiger partial charge in [0, 0.05) is 11.4 Å². The first kappa shape index (κ1) is 16.5. The molecule has 24 heavy (non-hydrogen) atoms. The van der Waals surface area contributed by atoms with Gasteiger partial charge in [-0.2, -0.15) is 0 Å². The second kappa shape index (κ2) is 7.99. The number of nitrogens with one attached hydrogen (secondary N) is 2. The fourth-order valence-corrected chi connectivity index (χ4v) is 5.10. The number of hydrogen-bond acceptors (Lipinski definition) is 2. The van der Waals surface area contributed by atoms with E-state index in [0.29, 0.717) is 0 Å². The molecule has 0 aliphatic heterocycles. The minimum Gasteiger partial charge on any atom is -0.353 e. The minimum atomic E-state index is -1.37. The van der Waals surface area contributed by atoms with Crippen LogP contribution < -0.4 is 15.9 Å². The Kier molecular flexibility index (Phi) is 5.51. The van der Waals surface area contributed by atoms with Gasteiger partial charge in [-0.1, -0.05) is 54.6 Å². The van der Waals surface area contributed by atoms with Crippen molar-refractivity contribution in [3.8, 4) is 0 Å². The molecular weight excluding hydrogens is 311 g/mol. The number of rotatable bonds is 7. The van der Waals surface area contributed by atoms with Crippen molar-refractivity contribution in [3.63, 3.8) is 0 Å². The van der Waals surface area contributed by atoms with Gasteiger partial charge in [-0.15, -0.1) is 0 Å². The predicted molar refractivity (Wildman–Crippen MR) is 109 cm³/mol. The molecule has 2 nitrogen and oxygen atoms in total. The lowest BCUT2D eigenvalue weighted by atomic mass is 10.3. The standard InChI is InChI=1S/C21H24N2P/c1-24(21-15-9-4-10-16-21,17-22-19-11-5-2-6-12-19)18-23-20-13-7-3-8-14-20/h2-16,22-23H,17-18H2,1H3/q+1. The average Bonchev–Trinajstić information content (AvgIpc) is 2.67. The normalized spacial score (nSPS) is 11.0. The van der Waals surface area contributed by atoms with E-state index < -0.39 is 7.26 Å². The number of anilines is 2. The van der Waals surface area contributed by atoms with Gasteiger partial charge >= 0.3 is 0 Å². The van der Waals surface area contributed by atoms with Gasteiger partial charge in [-0.05, 0) is 36.4 Å². The molecule has 0 unspecified atom stereocenters. The molecule has 0 atom stereocenters. The summed E-state index contributed by atoms with van der Waals surface area (Å²) in [4.78, 5) is 0. The molecule has 0 heterocycles. The zero-order valence-electron chi connectivity index (χ0n) is 14.0. The van der Waals surface area contributed by atoms with Crippen LogP contribution in [-0.4, -0.2) is 19.2 Å². The Morgan fingerprint density at radius 1 is 0.583 bits per heavy atom. The zero-order chi connectivity index (χ0) is 16.7. The van der Waals surface area contributed by atoms with E-state index in [-0.39, 0.29) is 0 Å². The largest absolute Gasteiger partial charge is 0.353 e. The van der Waals surface area contributed by atoms with E-state index >= 15 is 0 Å². The first-order valence-corrected chi connectivity index (χ1v) is 10.8. The molecule has 0 amide bonds. The van der Waals surface area contributed by atoms with Crippen molar-refractivity contribution >= 4 is 23.9 Å². The molecule has 0 saturated carbocycles. The lowest BCUT2D eigenvalue weighted by Gasteiger charge is -2.24. The minimum absolute atomic E-state index is 0.973. The van der Waals surface area contributed by atoms with Gasteiger partial charge in [0.1, 0.15) is 12.6 Å². The molecule has 0 bridgehead atoms. The summed E-state index contributed by atoms with van der Waals surface area (Å²) in [6.07, 6.45) is 1.95. The van der Waals surface area contributed by atoms with Crippen LogP contribution in [0.1, 0.15) is 0 Å². The SMILES string of the molecule is C[P+](CNc1ccccc1)(CNc1ccccc1)c1ccccc1. The van der Waals surface area contributed by atoms with Crippen molar-refractivity contribution in [3.05, 3.63) is 91.0 Å². The van der Waals surface area contributed by atoms with E-state index in [4.69, 9.17) is 0 Å². The van der Waals surface area contributed by atoms with Crippen LogP contribution in [0.2, 0.25) is 0 Å². The number of para-hydroxylation sites is 2. The monoisotopic (exact) mass is 335 g/mol. The number of benzene rings is 3. The highest BCUT2D eigenvalue weighted by molar-refractivity contribution is 7.82. The van der Waals surface area contributed by atoms with Gasteiger partial charge in [0.05, 0.1) is 19.2 Å². The van der Waals surface area contributed by atoms with Crippen LogP contribution in [0.3, 0.4) is 0 Å². The van der Waals surface area contributed by atoms with Crippen LogP contribution in [-0.2, 0) is 0 Å². The van der Waals surface area contributed by atoms with E-state index in [9.17, 15) is 0 Å². The Morgan fingerprint density at radius 2 is 0.958 bits per heavy atom. The third-order valence-corrected chi connectivity index (χ3v) is 7.45. The first-order valence-electron chi connectivity index (χ1n) is 8.24. The highest BCUT2D eigenvalue weighted by atomic mass is 31.2. The summed E-state index contributed by atoms with van der Waals surface area (Å²) in [6, 6.07) is 31.8. The van der Waals surface area contributed by atoms with Crippen LogP contribution in [0, 0.1) is 0 Å². The van der Waals surface area contributed by atoms with Gasteiger partial charge in [-0.3, -0.25) is 0 Å². The summed E-state index contributed by atoms with van der Waals surface area (Å²) >= 11 is 0. The summed E-state index contributed by atoms with van der Waals surface area (Å²) < 4.78 is 0. The molecule has 0 spiro atoms. The molecule has 0 aromatic heterocycles. The fourth-order valence-electron chi connectivity index (χ4n) is 2.67. The average molecular weight is 335 g/mol. The first-order chi connectivity index (χ1) is 11.8. The van der Waals surface area contributed by atoms with Crippen LogP contribution in [0.25, 0.3) is 0 Å². The Morgan fingerprint density at radius 3 is 1.38 bits per heavy atom. The van der Waals surface area contributed by atoms with Crippen LogP contribution >= 0.6 is 7.26 Å². The van der Waals surface area contributed by atoms with E-state index in [1.165, 1.54) is 16.7 Å². The summed E-state index contributed by atoms with van der Waals surface area (Å²) in [5.41, 5.74) is 2.36. The lowest BCUT2D eigenvalue weighted by molar-refractivity contribution is 1.36. The van der Waals surface area contributed by atoms with Crippen molar-refractivity contribution < 1.29 is 0 Å². The van der Waals surface area contributed by atoms with Crippen molar-refractivity contribution in [2.45, 2.75) is 0 Å². The maximum Gasteiger partial charge on any atom is 0.134 e. The molecule has 3 rings (SSSR count). The Balaban J connectivity index is 1.75. The van der Waals surface area contributed by atoms with Crippen molar-refractivity contribution in [1.29, 1.82) is 0 Å². The van der Waals surface area contributed by atoms with E-state index in [2.05, 4.69) is 96.2 Å². The molecule has 0 aliphatic carbocycles. The summed E-state index contributed by atoms with van der Waals surface area (Å²) in [6.45, 7) is 2.41. The van der Waals surface area contributed by atoms with Gasteiger partial charge < -0.3 is 10.6 Å². The van der Waals surface area contributed by atoms with E-state index in [1.807, 2.05) is 12.1 Å². The molecule has 0 saturated heterocycles. The zero-order valence-corrected chi connectivity index (χ0v) is 14.9. The molecule has 122 valence electrons. The molecule has 3 aromatic carbocycles. The van der Waals surface area contributed by atoms with Crippen molar-refractivity contribution in [1.82, 2.24) is 0 Å². The van der Waals surface area contributed by atoms with Gasteiger partial charge in [0.25, 0.3) is 0 Å². The molecule has 0 radical (unpaired) electrons. The third-order valence-electron chi connectivity index (χ3n) is 4.19. The second-order valence-corrected chi connectivity index (χ2v) is 10.1. The van der Waals surface area contributed by atoms with E-state index in [1.54, 1.807) is 0 Å². The lowest BCUT2D eigenvalue weighted by Crippen LogP contribution is -2.24. The van der Waals surface area contributed by atoms with Crippen molar-refractivity contribution in [2.24, 2.45) is 0 Å². The highest BCUT2D eigenvalue weighted by Gasteiger charge is 2.34. The molecule has 3 heteroatoms. The molecule has 0 fully saturated rings. The molecule has 0 aliphatic rings. The maximum absolute atomic E-state index is 3.63. The predicted octanol–water partition coefficient (Wildman–Crippen LogP) is 5.10. The molecular formula is C21H24N2P+. The topological polar surface area (TPSA) is 24.1 Å². The summed E-state index contributed by atoms with van der Waals surface area (Å²) in [7, 11) is -1.37.